The number of nitrogens with one attached hydrogen (secondary N) is 1. The molecule has 2 aromatic carbocycles. The molecule has 1 N–H and O–H groups in total. The summed E-state index contributed by atoms with van der Waals surface area (Å²) in [5, 5.41) is 2.98. The zero-order chi connectivity index (χ0) is 17.7. The monoisotopic (exact) mass is 357 g/mol. The maximum atomic E-state index is 12.7. The average Bonchev–Trinajstić information content (AvgIpc) is 2.53. The Hall–Kier alpha value is -2.21. The van der Waals surface area contributed by atoms with Crippen LogP contribution in [0.15, 0.2) is 48.5 Å². The summed E-state index contributed by atoms with van der Waals surface area (Å²) in [6.45, 7) is 1.74. The molecule has 7 heteroatoms. The molecule has 128 valence electrons. The number of anilines is 1. The second kappa shape index (κ2) is 7.57. The van der Waals surface area contributed by atoms with Crippen LogP contribution in [0.1, 0.15) is 18.9 Å². The lowest BCUT2D eigenvalue weighted by molar-refractivity contribution is -0.137. The molecule has 0 fully saturated rings. The van der Waals surface area contributed by atoms with E-state index in [0.717, 1.165) is 12.1 Å². The Kier molecular flexibility index (Phi) is 5.72. The average molecular weight is 358 g/mol. The van der Waals surface area contributed by atoms with Gasteiger partial charge >= 0.3 is 6.18 Å². The van der Waals surface area contributed by atoms with E-state index in [1.807, 2.05) is 0 Å². The van der Waals surface area contributed by atoms with Crippen LogP contribution in [0.2, 0.25) is 5.02 Å². The minimum atomic E-state index is -4.47. The molecule has 0 unspecified atom stereocenters. The van der Waals surface area contributed by atoms with Gasteiger partial charge in [-0.3, -0.25) is 4.79 Å². The van der Waals surface area contributed by atoms with Crippen molar-refractivity contribution >= 4 is 23.2 Å². The van der Waals surface area contributed by atoms with Gasteiger partial charge in [0.1, 0.15) is 5.75 Å². The molecule has 1 amide bonds. The van der Waals surface area contributed by atoms with Crippen molar-refractivity contribution in [1.29, 1.82) is 0 Å². The van der Waals surface area contributed by atoms with Gasteiger partial charge in [-0.2, -0.15) is 13.2 Å². The molecular weight excluding hydrogens is 343 g/mol. The number of hydrogen-bond donors (Lipinski definition) is 1. The van der Waals surface area contributed by atoms with E-state index in [4.69, 9.17) is 16.3 Å². The lowest BCUT2D eigenvalue weighted by Crippen LogP contribution is -2.32. The maximum Gasteiger partial charge on any atom is 0.416 e. The first kappa shape index (κ1) is 18.1. The highest BCUT2D eigenvalue weighted by molar-refractivity contribution is 6.30. The highest BCUT2D eigenvalue weighted by Gasteiger charge is 2.30. The Morgan fingerprint density at radius 2 is 1.88 bits per heavy atom. The summed E-state index contributed by atoms with van der Waals surface area (Å²) in [5.74, 6) is -0.0720. The van der Waals surface area contributed by atoms with Crippen LogP contribution in [0.5, 0.6) is 5.75 Å². The topological polar surface area (TPSA) is 38.3 Å². The van der Waals surface area contributed by atoms with Crippen molar-refractivity contribution in [2.24, 2.45) is 0 Å². The standard InChI is InChI=1S/C17H15ClF3NO2/c1-2-15(24-14-8-6-12(18)7-9-14)16(23)22-13-5-3-4-11(10-13)17(19,20)21/h3-10,15H,2H2,1H3,(H,22,23)/t15-/m1/s1. The fourth-order valence-corrected chi connectivity index (χ4v) is 2.12. The zero-order valence-electron chi connectivity index (χ0n) is 12.7. The van der Waals surface area contributed by atoms with E-state index in [9.17, 15) is 18.0 Å². The SMILES string of the molecule is CC[C@@H](Oc1ccc(Cl)cc1)C(=O)Nc1cccc(C(F)(F)F)c1. The van der Waals surface area contributed by atoms with Gasteiger partial charge in [0.25, 0.3) is 5.91 Å². The van der Waals surface area contributed by atoms with Crippen molar-refractivity contribution in [2.45, 2.75) is 25.6 Å². The highest BCUT2D eigenvalue weighted by Crippen LogP contribution is 2.30. The van der Waals surface area contributed by atoms with Gasteiger partial charge in [-0.1, -0.05) is 24.6 Å². The van der Waals surface area contributed by atoms with Crippen molar-refractivity contribution in [2.75, 3.05) is 5.32 Å². The lowest BCUT2D eigenvalue weighted by atomic mass is 10.2. The molecule has 0 radical (unpaired) electrons. The first-order valence-electron chi connectivity index (χ1n) is 7.20. The van der Waals surface area contributed by atoms with E-state index < -0.39 is 23.8 Å². The third-order valence-electron chi connectivity index (χ3n) is 3.21. The van der Waals surface area contributed by atoms with E-state index in [1.165, 1.54) is 12.1 Å². The summed E-state index contributed by atoms with van der Waals surface area (Å²) < 4.78 is 43.7. The van der Waals surface area contributed by atoms with Gasteiger partial charge in [-0.15, -0.1) is 0 Å². The first-order chi connectivity index (χ1) is 11.3. The third kappa shape index (κ3) is 4.89. The molecule has 3 nitrogen and oxygen atoms in total. The molecule has 0 aromatic heterocycles. The number of benzene rings is 2. The van der Waals surface area contributed by atoms with Crippen LogP contribution in [0.4, 0.5) is 18.9 Å². The summed E-state index contributed by atoms with van der Waals surface area (Å²) in [5.41, 5.74) is -0.764. The molecule has 0 saturated carbocycles. The number of carbonyl (C=O) groups excluding carboxylic acids is 1. The highest BCUT2D eigenvalue weighted by atomic mass is 35.5. The van der Waals surface area contributed by atoms with Crippen molar-refractivity contribution in [3.8, 4) is 5.75 Å². The van der Waals surface area contributed by atoms with Crippen LogP contribution in [0, 0.1) is 0 Å². The van der Waals surface area contributed by atoms with Crippen LogP contribution >= 0.6 is 11.6 Å². The molecule has 0 aliphatic carbocycles. The molecule has 1 atom stereocenters. The molecule has 2 aromatic rings. The van der Waals surface area contributed by atoms with Crippen LogP contribution in [-0.4, -0.2) is 12.0 Å². The smallest absolute Gasteiger partial charge is 0.416 e. The largest absolute Gasteiger partial charge is 0.481 e. The second-order valence-electron chi connectivity index (χ2n) is 5.04. The van der Waals surface area contributed by atoms with Gasteiger partial charge in [0.2, 0.25) is 0 Å². The number of carbonyl (C=O) groups is 1. The molecule has 0 spiro atoms. The van der Waals surface area contributed by atoms with Gasteiger partial charge < -0.3 is 10.1 Å². The van der Waals surface area contributed by atoms with E-state index in [-0.39, 0.29) is 5.69 Å². The molecule has 2 rings (SSSR count). The predicted octanol–water partition coefficient (Wildman–Crippen LogP) is 5.15. The fourth-order valence-electron chi connectivity index (χ4n) is 2.00. The summed E-state index contributed by atoms with van der Waals surface area (Å²) in [4.78, 5) is 12.2. The van der Waals surface area contributed by atoms with Crippen LogP contribution < -0.4 is 10.1 Å². The van der Waals surface area contributed by atoms with Gasteiger partial charge in [-0.25, -0.2) is 0 Å². The molecule has 0 aliphatic rings. The number of hydrogen-bond acceptors (Lipinski definition) is 2. The molecule has 0 aliphatic heterocycles. The summed E-state index contributed by atoms with van der Waals surface area (Å²) in [6.07, 6.45) is -4.95. The fraction of sp³-hybridized carbons (Fsp3) is 0.235. The first-order valence-corrected chi connectivity index (χ1v) is 7.57. The minimum Gasteiger partial charge on any atom is -0.481 e. The predicted molar refractivity (Wildman–Crippen MR) is 86.2 cm³/mol. The maximum absolute atomic E-state index is 12.7. The van der Waals surface area contributed by atoms with E-state index in [2.05, 4.69) is 5.32 Å². The van der Waals surface area contributed by atoms with E-state index >= 15 is 0 Å². The number of amides is 1. The quantitative estimate of drug-likeness (QED) is 0.803. The van der Waals surface area contributed by atoms with Gasteiger partial charge in [0, 0.05) is 10.7 Å². The summed E-state index contributed by atoms with van der Waals surface area (Å²) in [7, 11) is 0. The second-order valence-corrected chi connectivity index (χ2v) is 5.47. The number of halogens is 4. The Balaban J connectivity index is 2.08. The molecular formula is C17H15ClF3NO2. The Labute approximate surface area is 142 Å². The Bertz CT molecular complexity index is 702. The minimum absolute atomic E-state index is 0.0629. The van der Waals surface area contributed by atoms with Gasteiger partial charge in [-0.05, 0) is 48.9 Å². The zero-order valence-corrected chi connectivity index (χ0v) is 13.5. The van der Waals surface area contributed by atoms with Gasteiger partial charge in [0.05, 0.1) is 5.56 Å². The number of ether oxygens (including phenoxy) is 1. The van der Waals surface area contributed by atoms with Crippen molar-refractivity contribution in [1.82, 2.24) is 0 Å². The van der Waals surface area contributed by atoms with Crippen LogP contribution in [0.25, 0.3) is 0 Å². The third-order valence-corrected chi connectivity index (χ3v) is 3.46. The number of rotatable bonds is 5. The normalized spacial score (nSPS) is 12.5. The molecule has 0 bridgehead atoms. The summed E-state index contributed by atoms with van der Waals surface area (Å²) >= 11 is 5.78. The van der Waals surface area contributed by atoms with E-state index in [1.54, 1.807) is 31.2 Å². The molecule has 24 heavy (non-hydrogen) atoms. The Morgan fingerprint density at radius 1 is 1.21 bits per heavy atom. The van der Waals surface area contributed by atoms with Gasteiger partial charge in [0.15, 0.2) is 6.10 Å². The van der Waals surface area contributed by atoms with Crippen LogP contribution in [0.3, 0.4) is 0 Å². The summed E-state index contributed by atoms with van der Waals surface area (Å²) in [6, 6.07) is 10.9. The van der Waals surface area contributed by atoms with Crippen molar-refractivity contribution in [3.05, 3.63) is 59.1 Å². The number of alkyl halides is 3. The van der Waals surface area contributed by atoms with E-state index in [0.29, 0.717) is 17.2 Å². The molecule has 0 heterocycles. The van der Waals surface area contributed by atoms with Crippen molar-refractivity contribution in [3.63, 3.8) is 0 Å². The molecule has 0 saturated heterocycles. The van der Waals surface area contributed by atoms with Crippen LogP contribution in [-0.2, 0) is 11.0 Å². The lowest BCUT2D eigenvalue weighted by Gasteiger charge is -2.18. The Morgan fingerprint density at radius 3 is 2.46 bits per heavy atom. The van der Waals surface area contributed by atoms with Crippen molar-refractivity contribution < 1.29 is 22.7 Å².